The fourth-order valence-electron chi connectivity index (χ4n) is 2.00. The Labute approximate surface area is 138 Å². The molecule has 0 aliphatic rings. The predicted octanol–water partition coefficient (Wildman–Crippen LogP) is 2.38. The largest absolute Gasteiger partial charge is 0.361 e. The van der Waals surface area contributed by atoms with E-state index in [0.29, 0.717) is 12.2 Å². The van der Waals surface area contributed by atoms with Crippen LogP contribution in [0.4, 0.5) is 10.1 Å². The number of hydrogen-bond donors (Lipinski definition) is 3. The Kier molecular flexibility index (Phi) is 5.64. The number of halogens is 1. The van der Waals surface area contributed by atoms with Gasteiger partial charge in [-0.05, 0) is 44.6 Å². The fourth-order valence-corrected chi connectivity index (χ4v) is 2.16. The van der Waals surface area contributed by atoms with Crippen LogP contribution in [0.25, 0.3) is 0 Å². The Bertz CT molecular complexity index is 698. The molecule has 0 saturated carbocycles. The molecule has 0 fully saturated rings. The molecule has 2 aromatic rings. The van der Waals surface area contributed by atoms with Crippen molar-refractivity contribution in [2.45, 2.75) is 26.7 Å². The summed E-state index contributed by atoms with van der Waals surface area (Å²) in [6.45, 7) is 3.63. The van der Waals surface area contributed by atoms with E-state index in [1.54, 1.807) is 25.1 Å². The number of hydrazine groups is 1. The number of carbonyl (C=O) groups excluding carboxylic acids is 1. The first kappa shape index (κ1) is 16.9. The van der Waals surface area contributed by atoms with E-state index in [1.165, 1.54) is 6.07 Å². The second-order valence-electron chi connectivity index (χ2n) is 4.91. The van der Waals surface area contributed by atoms with Gasteiger partial charge in [-0.2, -0.15) is 0 Å². The third-order valence-electron chi connectivity index (χ3n) is 3.22. The summed E-state index contributed by atoms with van der Waals surface area (Å²) in [5, 5.41) is 6.59. The number of carbonyl (C=O) groups is 1. The van der Waals surface area contributed by atoms with Crippen LogP contribution >= 0.6 is 12.2 Å². The van der Waals surface area contributed by atoms with Crippen LogP contribution in [-0.4, -0.2) is 16.2 Å². The molecule has 0 aliphatic heterocycles. The van der Waals surface area contributed by atoms with Gasteiger partial charge < -0.3 is 9.84 Å². The van der Waals surface area contributed by atoms with Crippen molar-refractivity contribution in [1.29, 1.82) is 0 Å². The molecule has 0 aliphatic carbocycles. The summed E-state index contributed by atoms with van der Waals surface area (Å²) in [7, 11) is 0. The number of aromatic nitrogens is 1. The number of benzene rings is 1. The number of thiocarbonyl (C=S) groups is 1. The van der Waals surface area contributed by atoms with Crippen molar-refractivity contribution in [2.24, 2.45) is 0 Å². The number of hydrogen-bond acceptors (Lipinski definition) is 4. The maximum absolute atomic E-state index is 13.5. The van der Waals surface area contributed by atoms with Gasteiger partial charge >= 0.3 is 0 Å². The normalized spacial score (nSPS) is 10.2. The van der Waals surface area contributed by atoms with Crippen molar-refractivity contribution in [2.75, 3.05) is 5.32 Å². The van der Waals surface area contributed by atoms with Crippen molar-refractivity contribution >= 4 is 28.9 Å². The molecule has 2 rings (SSSR count). The lowest BCUT2D eigenvalue weighted by molar-refractivity contribution is -0.121. The SMILES string of the molecule is Cc1noc(C)c1CCC(=O)NNC(=S)Nc1ccccc1F. The van der Waals surface area contributed by atoms with Crippen LogP contribution in [0.2, 0.25) is 0 Å². The molecule has 6 nitrogen and oxygen atoms in total. The topological polar surface area (TPSA) is 79.2 Å². The van der Waals surface area contributed by atoms with E-state index < -0.39 is 5.82 Å². The predicted molar refractivity (Wildman–Crippen MR) is 88.2 cm³/mol. The van der Waals surface area contributed by atoms with Crippen LogP contribution < -0.4 is 16.2 Å². The highest BCUT2D eigenvalue weighted by atomic mass is 32.1. The first-order chi connectivity index (χ1) is 11.0. The number of aryl methyl sites for hydroxylation is 2. The van der Waals surface area contributed by atoms with Crippen molar-refractivity contribution in [3.8, 4) is 0 Å². The molecule has 1 aromatic heterocycles. The summed E-state index contributed by atoms with van der Waals surface area (Å²) in [6, 6.07) is 6.11. The molecule has 1 aromatic carbocycles. The summed E-state index contributed by atoms with van der Waals surface area (Å²) in [4.78, 5) is 11.8. The highest BCUT2D eigenvalue weighted by molar-refractivity contribution is 7.80. The zero-order valence-corrected chi connectivity index (χ0v) is 13.6. The lowest BCUT2D eigenvalue weighted by Gasteiger charge is -2.12. The van der Waals surface area contributed by atoms with Crippen LogP contribution in [0, 0.1) is 19.7 Å². The standard InChI is InChI=1S/C15H17FN4O2S/c1-9-11(10(2)22-20-9)7-8-14(21)18-19-15(23)17-13-6-4-3-5-12(13)16/h3-6H,7-8H2,1-2H3,(H,18,21)(H2,17,19,23). The minimum Gasteiger partial charge on any atom is -0.361 e. The Hall–Kier alpha value is -2.48. The Morgan fingerprint density at radius 2 is 2.04 bits per heavy atom. The van der Waals surface area contributed by atoms with Gasteiger partial charge in [0, 0.05) is 12.0 Å². The van der Waals surface area contributed by atoms with Gasteiger partial charge in [0.05, 0.1) is 11.4 Å². The van der Waals surface area contributed by atoms with E-state index in [4.69, 9.17) is 16.7 Å². The van der Waals surface area contributed by atoms with E-state index in [1.807, 2.05) is 6.92 Å². The molecule has 3 N–H and O–H groups in total. The number of para-hydroxylation sites is 1. The van der Waals surface area contributed by atoms with Crippen molar-refractivity contribution in [3.05, 3.63) is 47.1 Å². The van der Waals surface area contributed by atoms with E-state index in [0.717, 1.165) is 11.3 Å². The summed E-state index contributed by atoms with van der Waals surface area (Å²) in [6.07, 6.45) is 0.764. The lowest BCUT2D eigenvalue weighted by Crippen LogP contribution is -2.43. The third kappa shape index (κ3) is 4.75. The van der Waals surface area contributed by atoms with Gasteiger partial charge in [0.25, 0.3) is 0 Å². The number of nitrogens with one attached hydrogen (secondary N) is 3. The van der Waals surface area contributed by atoms with Crippen LogP contribution in [0.5, 0.6) is 0 Å². The molecule has 23 heavy (non-hydrogen) atoms. The van der Waals surface area contributed by atoms with Crippen molar-refractivity contribution in [3.63, 3.8) is 0 Å². The number of rotatable bonds is 4. The van der Waals surface area contributed by atoms with Gasteiger partial charge in [0.2, 0.25) is 5.91 Å². The van der Waals surface area contributed by atoms with Gasteiger partial charge in [0.15, 0.2) is 5.11 Å². The fraction of sp³-hybridized carbons (Fsp3) is 0.267. The number of anilines is 1. The van der Waals surface area contributed by atoms with Gasteiger partial charge in [-0.1, -0.05) is 17.3 Å². The number of amides is 1. The summed E-state index contributed by atoms with van der Waals surface area (Å²) in [5.74, 6) is 0.0315. The highest BCUT2D eigenvalue weighted by Gasteiger charge is 2.11. The molecular formula is C15H17FN4O2S. The zero-order valence-electron chi connectivity index (χ0n) is 12.8. The maximum Gasteiger partial charge on any atom is 0.238 e. The van der Waals surface area contributed by atoms with Gasteiger partial charge in [0.1, 0.15) is 11.6 Å². The molecule has 0 spiro atoms. The van der Waals surface area contributed by atoms with E-state index in [9.17, 15) is 9.18 Å². The molecule has 0 radical (unpaired) electrons. The first-order valence-electron chi connectivity index (χ1n) is 6.99. The Balaban J connectivity index is 1.76. The van der Waals surface area contributed by atoms with E-state index in [-0.39, 0.29) is 23.1 Å². The maximum atomic E-state index is 13.5. The van der Waals surface area contributed by atoms with E-state index >= 15 is 0 Å². The molecule has 0 atom stereocenters. The Morgan fingerprint density at radius 1 is 1.30 bits per heavy atom. The zero-order chi connectivity index (χ0) is 16.8. The molecule has 8 heteroatoms. The number of nitrogens with zero attached hydrogens (tertiary/aromatic N) is 1. The summed E-state index contributed by atoms with van der Waals surface area (Å²) < 4.78 is 18.5. The molecule has 0 unspecified atom stereocenters. The van der Waals surface area contributed by atoms with Gasteiger partial charge in [-0.3, -0.25) is 15.6 Å². The van der Waals surface area contributed by atoms with Gasteiger partial charge in [-0.15, -0.1) is 0 Å². The van der Waals surface area contributed by atoms with Crippen LogP contribution in [0.3, 0.4) is 0 Å². The van der Waals surface area contributed by atoms with Crippen LogP contribution in [0.15, 0.2) is 28.8 Å². The molecule has 122 valence electrons. The quantitative estimate of drug-likeness (QED) is 0.588. The second kappa shape index (κ2) is 7.68. The smallest absolute Gasteiger partial charge is 0.238 e. The minimum atomic E-state index is -0.429. The monoisotopic (exact) mass is 336 g/mol. The molecule has 0 bridgehead atoms. The first-order valence-corrected chi connectivity index (χ1v) is 7.40. The average molecular weight is 336 g/mol. The summed E-state index contributed by atoms with van der Waals surface area (Å²) in [5.41, 5.74) is 6.92. The molecule has 1 amide bonds. The molecule has 1 heterocycles. The van der Waals surface area contributed by atoms with Crippen LogP contribution in [-0.2, 0) is 11.2 Å². The van der Waals surface area contributed by atoms with Crippen LogP contribution in [0.1, 0.15) is 23.4 Å². The molecular weight excluding hydrogens is 319 g/mol. The minimum absolute atomic E-state index is 0.0980. The lowest BCUT2D eigenvalue weighted by atomic mass is 10.1. The van der Waals surface area contributed by atoms with Gasteiger partial charge in [-0.25, -0.2) is 4.39 Å². The molecule has 0 saturated heterocycles. The van der Waals surface area contributed by atoms with Crippen molar-refractivity contribution in [1.82, 2.24) is 16.0 Å². The summed E-state index contributed by atoms with van der Waals surface area (Å²) >= 11 is 4.99. The third-order valence-corrected chi connectivity index (χ3v) is 3.42. The second-order valence-corrected chi connectivity index (χ2v) is 5.32. The Morgan fingerprint density at radius 3 is 2.70 bits per heavy atom. The highest BCUT2D eigenvalue weighted by Crippen LogP contribution is 2.14. The average Bonchev–Trinajstić information content (AvgIpc) is 2.84. The van der Waals surface area contributed by atoms with E-state index in [2.05, 4.69) is 21.3 Å². The van der Waals surface area contributed by atoms with Crippen molar-refractivity contribution < 1.29 is 13.7 Å².